The van der Waals surface area contributed by atoms with Crippen molar-refractivity contribution in [1.82, 2.24) is 24.5 Å². The molecule has 0 radical (unpaired) electrons. The van der Waals surface area contributed by atoms with Crippen LogP contribution >= 0.6 is 11.6 Å². The van der Waals surface area contributed by atoms with Crippen LogP contribution in [-0.2, 0) is 17.5 Å². The molecular weight excluding hydrogens is 521 g/mol. The number of carbonyl (C=O) groups is 1. The summed E-state index contributed by atoms with van der Waals surface area (Å²) in [6.45, 7) is 3.80. The molecule has 0 bridgehead atoms. The summed E-state index contributed by atoms with van der Waals surface area (Å²) in [4.78, 5) is 28.1. The molecule has 0 saturated heterocycles. The van der Waals surface area contributed by atoms with Gasteiger partial charge >= 0.3 is 12.1 Å². The number of nitrogens with one attached hydrogen (secondary N) is 1. The Morgan fingerprint density at radius 3 is 2.58 bits per heavy atom. The molecule has 12 heteroatoms. The number of alkyl halides is 3. The number of aromatic nitrogens is 5. The van der Waals surface area contributed by atoms with E-state index in [-0.39, 0.29) is 29.6 Å². The lowest BCUT2D eigenvalue weighted by Gasteiger charge is -2.14. The minimum atomic E-state index is -4.59. The topological polar surface area (TPSA) is 94.8 Å². The van der Waals surface area contributed by atoms with Crippen LogP contribution in [0.1, 0.15) is 52.6 Å². The van der Waals surface area contributed by atoms with Gasteiger partial charge in [0.15, 0.2) is 5.69 Å². The monoisotopic (exact) mass is 540 g/mol. The average Bonchev–Trinajstić information content (AvgIpc) is 3.46. The van der Waals surface area contributed by atoms with Gasteiger partial charge in [0.25, 0.3) is 0 Å². The molecule has 0 atom stereocenters. The number of imidazole rings is 1. The number of fused-ring (bicyclic) bond motifs is 1. The third-order valence-corrected chi connectivity index (χ3v) is 6.05. The number of nitrogens with zero attached hydrogens (tertiary/aromatic N) is 5. The van der Waals surface area contributed by atoms with Crippen molar-refractivity contribution in [1.29, 1.82) is 0 Å². The highest BCUT2D eigenvalue weighted by Crippen LogP contribution is 2.35. The van der Waals surface area contributed by atoms with E-state index in [9.17, 15) is 18.0 Å². The van der Waals surface area contributed by atoms with E-state index < -0.39 is 17.8 Å². The third-order valence-electron chi connectivity index (χ3n) is 5.86. The summed E-state index contributed by atoms with van der Waals surface area (Å²) < 4.78 is 47.4. The molecule has 1 aliphatic heterocycles. The maximum absolute atomic E-state index is 13.5. The lowest BCUT2D eigenvalue weighted by atomic mass is 10.0. The van der Waals surface area contributed by atoms with Crippen molar-refractivity contribution in [3.05, 3.63) is 88.2 Å². The Hall–Kier alpha value is -4.25. The highest BCUT2D eigenvalue weighted by Gasteiger charge is 2.35. The number of halogens is 4. The molecule has 0 fully saturated rings. The van der Waals surface area contributed by atoms with Crippen molar-refractivity contribution in [2.45, 2.75) is 32.6 Å². The zero-order chi connectivity index (χ0) is 27.0. The number of benzene rings is 2. The zero-order valence-corrected chi connectivity index (χ0v) is 20.9. The molecule has 194 valence electrons. The van der Waals surface area contributed by atoms with Crippen LogP contribution < -0.4 is 5.32 Å². The molecule has 8 nitrogen and oxygen atoms in total. The van der Waals surface area contributed by atoms with Crippen molar-refractivity contribution in [2.75, 3.05) is 5.32 Å². The van der Waals surface area contributed by atoms with Gasteiger partial charge in [-0.15, -0.1) is 0 Å². The summed E-state index contributed by atoms with van der Waals surface area (Å²) in [5.41, 5.74) is 1.87. The van der Waals surface area contributed by atoms with Crippen LogP contribution in [0.5, 0.6) is 0 Å². The standard InChI is InChI=1S/C26H20ClF3N6O2/c1-14(2)36-12-21(26(28,29)30)34-22(36)15-7-8-16(11-31-25-33-13-32-24(27)35-25)17(9-15)10-20-18-5-3-4-6-19(18)23(37)38-20/h3-10,12-14H,11H2,1-2H3,(H,31,32,33,35)/b20-10-. The van der Waals surface area contributed by atoms with Crippen molar-refractivity contribution in [3.8, 4) is 11.4 Å². The molecule has 2 aromatic heterocycles. The number of ether oxygens (including phenoxy) is 1. The predicted molar refractivity (Wildman–Crippen MR) is 135 cm³/mol. The summed E-state index contributed by atoms with van der Waals surface area (Å²) in [5.74, 6) is 0.262. The highest BCUT2D eigenvalue weighted by atomic mass is 35.5. The maximum Gasteiger partial charge on any atom is 0.434 e. The average molecular weight is 541 g/mol. The summed E-state index contributed by atoms with van der Waals surface area (Å²) in [7, 11) is 0. The van der Waals surface area contributed by atoms with E-state index >= 15 is 0 Å². The van der Waals surface area contributed by atoms with Crippen molar-refractivity contribution < 1.29 is 22.7 Å². The SMILES string of the molecule is CC(C)n1cc(C(F)(F)F)nc1-c1ccc(CNc2ncnc(Cl)n2)c(/C=C2\OC(=O)c3ccccc32)c1. The minimum absolute atomic E-state index is 0.0238. The van der Waals surface area contributed by atoms with Gasteiger partial charge in [0.05, 0.1) is 5.56 Å². The molecule has 1 aliphatic rings. The molecule has 0 saturated carbocycles. The normalized spacial score (nSPS) is 14.2. The maximum atomic E-state index is 13.5. The van der Waals surface area contributed by atoms with Crippen LogP contribution in [0.2, 0.25) is 5.28 Å². The number of anilines is 1. The van der Waals surface area contributed by atoms with Crippen molar-refractivity contribution in [2.24, 2.45) is 0 Å². The minimum Gasteiger partial charge on any atom is -0.422 e. The van der Waals surface area contributed by atoms with Crippen LogP contribution in [0.4, 0.5) is 19.1 Å². The van der Waals surface area contributed by atoms with Crippen LogP contribution in [0.3, 0.4) is 0 Å². The molecule has 0 amide bonds. The van der Waals surface area contributed by atoms with Gasteiger partial charge in [-0.1, -0.05) is 30.3 Å². The first-order chi connectivity index (χ1) is 18.1. The van der Waals surface area contributed by atoms with E-state index in [0.717, 1.165) is 11.8 Å². The second-order valence-electron chi connectivity index (χ2n) is 8.74. The highest BCUT2D eigenvalue weighted by molar-refractivity contribution is 6.28. The zero-order valence-electron chi connectivity index (χ0n) is 20.1. The van der Waals surface area contributed by atoms with Gasteiger partial charge in [0.2, 0.25) is 11.2 Å². The quantitative estimate of drug-likeness (QED) is 0.288. The summed E-state index contributed by atoms with van der Waals surface area (Å²) >= 11 is 5.85. The van der Waals surface area contributed by atoms with Gasteiger partial charge < -0.3 is 14.6 Å². The van der Waals surface area contributed by atoms with Crippen LogP contribution in [-0.4, -0.2) is 30.5 Å². The van der Waals surface area contributed by atoms with E-state index in [0.29, 0.717) is 28.0 Å². The van der Waals surface area contributed by atoms with Gasteiger partial charge in [0.1, 0.15) is 17.9 Å². The van der Waals surface area contributed by atoms with E-state index in [1.165, 1.54) is 10.9 Å². The largest absolute Gasteiger partial charge is 0.434 e. The summed E-state index contributed by atoms with van der Waals surface area (Å²) in [6, 6.07) is 11.8. The number of hydrogen-bond acceptors (Lipinski definition) is 7. The first-order valence-electron chi connectivity index (χ1n) is 11.5. The Bertz CT molecular complexity index is 1560. The second kappa shape index (κ2) is 9.90. The van der Waals surface area contributed by atoms with Crippen LogP contribution in [0.25, 0.3) is 23.2 Å². The number of hydrogen-bond donors (Lipinski definition) is 1. The van der Waals surface area contributed by atoms with Gasteiger partial charge in [0, 0.05) is 29.9 Å². The predicted octanol–water partition coefficient (Wildman–Crippen LogP) is 6.27. The number of carbonyl (C=O) groups excluding carboxylic acids is 1. The first kappa shape index (κ1) is 25.4. The van der Waals surface area contributed by atoms with Gasteiger partial charge in [-0.2, -0.15) is 18.2 Å². The third kappa shape index (κ3) is 5.10. The molecule has 0 aliphatic carbocycles. The summed E-state index contributed by atoms with van der Waals surface area (Å²) in [5, 5.41) is 3.08. The molecule has 5 rings (SSSR count). The molecule has 2 aromatic carbocycles. The molecular formula is C26H20ClF3N6O2. The van der Waals surface area contributed by atoms with E-state index in [2.05, 4.69) is 25.3 Å². The fourth-order valence-corrected chi connectivity index (χ4v) is 4.16. The van der Waals surface area contributed by atoms with Crippen LogP contribution in [0, 0.1) is 0 Å². The molecule has 0 spiro atoms. The lowest BCUT2D eigenvalue weighted by Crippen LogP contribution is -2.06. The second-order valence-corrected chi connectivity index (χ2v) is 9.08. The van der Waals surface area contributed by atoms with E-state index in [4.69, 9.17) is 16.3 Å². The van der Waals surface area contributed by atoms with E-state index in [1.54, 1.807) is 62.4 Å². The molecule has 1 N–H and O–H groups in total. The Kier molecular flexibility index (Phi) is 6.62. The van der Waals surface area contributed by atoms with Gasteiger partial charge in [-0.3, -0.25) is 0 Å². The van der Waals surface area contributed by atoms with Gasteiger partial charge in [-0.05, 0) is 54.8 Å². The first-order valence-corrected chi connectivity index (χ1v) is 11.9. The lowest BCUT2D eigenvalue weighted by molar-refractivity contribution is -0.140. The van der Waals surface area contributed by atoms with Crippen LogP contribution in [0.15, 0.2) is 55.0 Å². The number of cyclic esters (lactones) is 1. The van der Waals surface area contributed by atoms with Crippen molar-refractivity contribution >= 4 is 35.4 Å². The van der Waals surface area contributed by atoms with Gasteiger partial charge in [-0.25, -0.2) is 19.7 Å². The van der Waals surface area contributed by atoms with E-state index in [1.807, 2.05) is 0 Å². The van der Waals surface area contributed by atoms with Crippen molar-refractivity contribution in [3.63, 3.8) is 0 Å². The summed E-state index contributed by atoms with van der Waals surface area (Å²) in [6.07, 6.45) is -0.634. The number of esters is 1. The molecule has 0 unspecified atom stereocenters. The Morgan fingerprint density at radius 1 is 1.11 bits per heavy atom. The molecule has 3 heterocycles. The smallest absolute Gasteiger partial charge is 0.422 e. The Labute approximate surface area is 220 Å². The fraction of sp³-hybridized carbons (Fsp3) is 0.192. The molecule has 38 heavy (non-hydrogen) atoms. The number of rotatable bonds is 6. The Morgan fingerprint density at radius 2 is 1.87 bits per heavy atom. The Balaban J connectivity index is 1.60. The molecule has 4 aromatic rings. The fourth-order valence-electron chi connectivity index (χ4n) is 4.04.